The maximum atomic E-state index is 12.2. The molecule has 0 saturated heterocycles. The fraction of sp³-hybridized carbons (Fsp3) is 0.421. The second-order valence-corrected chi connectivity index (χ2v) is 6.20. The molecule has 1 aromatic rings. The van der Waals surface area contributed by atoms with Crippen molar-refractivity contribution in [2.45, 2.75) is 45.1 Å². The Morgan fingerprint density at radius 3 is 2.84 bits per heavy atom. The zero-order valence-corrected chi connectivity index (χ0v) is 14.4. The number of nitrogens with one attached hydrogen (secondary N) is 1. The largest absolute Gasteiger partial charge is 0.481 e. The molecule has 2 rings (SSSR count). The molecule has 1 atom stereocenters. The molecule has 0 fully saturated rings. The van der Waals surface area contributed by atoms with Gasteiger partial charge in [-0.2, -0.15) is 5.26 Å². The Morgan fingerprint density at radius 1 is 1.36 bits per heavy atom. The average molecular weight is 341 g/mol. The lowest BCUT2D eigenvalue weighted by Crippen LogP contribution is -2.29. The molecule has 0 aliphatic carbocycles. The number of carboxylic acid groups (broad SMARTS) is 1. The molecule has 132 valence electrons. The number of nitrogens with zero attached hydrogens (tertiary/aromatic N) is 2. The van der Waals surface area contributed by atoms with E-state index in [9.17, 15) is 14.9 Å². The predicted molar refractivity (Wildman–Crippen MR) is 94.9 cm³/mol. The van der Waals surface area contributed by atoms with Crippen LogP contribution in [0.1, 0.15) is 38.2 Å². The van der Waals surface area contributed by atoms with Gasteiger partial charge in [0, 0.05) is 30.9 Å². The minimum atomic E-state index is -0.807. The Hall–Kier alpha value is -2.81. The van der Waals surface area contributed by atoms with Crippen LogP contribution in [0, 0.1) is 11.3 Å². The molecule has 0 spiro atoms. The number of para-hydroxylation sites is 1. The Bertz CT molecular complexity index is 706. The van der Waals surface area contributed by atoms with Crippen LogP contribution in [0.2, 0.25) is 0 Å². The van der Waals surface area contributed by atoms with Crippen LogP contribution in [0.4, 0.5) is 5.69 Å². The third-order valence-corrected chi connectivity index (χ3v) is 4.25. The van der Waals surface area contributed by atoms with Gasteiger partial charge in [0.05, 0.1) is 0 Å². The van der Waals surface area contributed by atoms with Gasteiger partial charge in [0.25, 0.3) is 5.91 Å². The van der Waals surface area contributed by atoms with Gasteiger partial charge in [0.2, 0.25) is 0 Å². The molecule has 1 heterocycles. The lowest BCUT2D eigenvalue weighted by Gasteiger charge is -2.20. The average Bonchev–Trinajstić information content (AvgIpc) is 2.90. The van der Waals surface area contributed by atoms with Crippen LogP contribution < -0.4 is 10.2 Å². The van der Waals surface area contributed by atoms with Crippen LogP contribution in [0.15, 0.2) is 36.0 Å². The van der Waals surface area contributed by atoms with E-state index in [-0.39, 0.29) is 18.0 Å². The number of amides is 1. The molecule has 1 aromatic carbocycles. The number of nitriles is 1. The third kappa shape index (κ3) is 5.08. The summed E-state index contributed by atoms with van der Waals surface area (Å²) in [5.41, 5.74) is 2.32. The summed E-state index contributed by atoms with van der Waals surface area (Å²) >= 11 is 0. The molecule has 1 aliphatic rings. The van der Waals surface area contributed by atoms with Crippen molar-refractivity contribution in [3.8, 4) is 6.07 Å². The van der Waals surface area contributed by atoms with Crippen molar-refractivity contribution >= 4 is 17.6 Å². The number of aliphatic carboxylic acids is 1. The molecule has 1 aliphatic heterocycles. The van der Waals surface area contributed by atoms with Gasteiger partial charge in [-0.05, 0) is 37.8 Å². The zero-order chi connectivity index (χ0) is 18.2. The van der Waals surface area contributed by atoms with Gasteiger partial charge < -0.3 is 15.3 Å². The van der Waals surface area contributed by atoms with Crippen LogP contribution in [0.25, 0.3) is 0 Å². The van der Waals surface area contributed by atoms with E-state index in [2.05, 4.69) is 18.3 Å². The van der Waals surface area contributed by atoms with Gasteiger partial charge in [-0.1, -0.05) is 24.6 Å². The van der Waals surface area contributed by atoms with Crippen molar-refractivity contribution in [1.82, 2.24) is 5.32 Å². The van der Waals surface area contributed by atoms with Crippen molar-refractivity contribution in [2.24, 2.45) is 0 Å². The molecule has 2 N–H and O–H groups in total. The van der Waals surface area contributed by atoms with Crippen molar-refractivity contribution in [3.63, 3.8) is 0 Å². The summed E-state index contributed by atoms with van der Waals surface area (Å²) in [5.74, 6) is -1.20. The molecule has 0 aromatic heterocycles. The first kappa shape index (κ1) is 18.5. The van der Waals surface area contributed by atoms with E-state index in [1.807, 2.05) is 29.2 Å². The van der Waals surface area contributed by atoms with E-state index in [4.69, 9.17) is 5.11 Å². The normalized spacial score (nSPS) is 16.2. The molecule has 6 nitrogen and oxygen atoms in total. The summed E-state index contributed by atoms with van der Waals surface area (Å²) in [6.07, 6.45) is 4.67. The van der Waals surface area contributed by atoms with E-state index in [0.717, 1.165) is 18.5 Å². The molecule has 1 amide bonds. The number of fused-ring (bicyclic) bond motifs is 1. The SMILES string of the molecule is CC1Cc2ccccc2N1/C=C(/C#N)C(=O)NCCCCCC(=O)O. The van der Waals surface area contributed by atoms with Crippen molar-refractivity contribution in [2.75, 3.05) is 11.4 Å². The highest BCUT2D eigenvalue weighted by Gasteiger charge is 2.25. The number of rotatable bonds is 8. The molecular weight excluding hydrogens is 318 g/mol. The summed E-state index contributed by atoms with van der Waals surface area (Å²) in [6.45, 7) is 2.50. The number of anilines is 1. The van der Waals surface area contributed by atoms with Crippen molar-refractivity contribution in [1.29, 1.82) is 5.26 Å². The van der Waals surface area contributed by atoms with Gasteiger partial charge in [-0.25, -0.2) is 0 Å². The summed E-state index contributed by atoms with van der Waals surface area (Å²) in [4.78, 5) is 24.6. The van der Waals surface area contributed by atoms with Gasteiger partial charge >= 0.3 is 5.97 Å². The predicted octanol–water partition coefficient (Wildman–Crippen LogP) is 2.61. The van der Waals surface area contributed by atoms with Gasteiger partial charge in [0.15, 0.2) is 0 Å². The highest BCUT2D eigenvalue weighted by Crippen LogP contribution is 2.32. The maximum absolute atomic E-state index is 12.2. The van der Waals surface area contributed by atoms with Crippen LogP contribution >= 0.6 is 0 Å². The molecule has 1 unspecified atom stereocenters. The summed E-state index contributed by atoms with van der Waals surface area (Å²) < 4.78 is 0. The summed E-state index contributed by atoms with van der Waals surface area (Å²) in [6, 6.07) is 10.2. The number of unbranched alkanes of at least 4 members (excludes halogenated alkanes) is 2. The van der Waals surface area contributed by atoms with E-state index in [0.29, 0.717) is 19.4 Å². The van der Waals surface area contributed by atoms with Crippen molar-refractivity contribution < 1.29 is 14.7 Å². The molecule has 6 heteroatoms. The van der Waals surface area contributed by atoms with Gasteiger partial charge in [0.1, 0.15) is 11.6 Å². The van der Waals surface area contributed by atoms with Crippen molar-refractivity contribution in [3.05, 3.63) is 41.6 Å². The first-order chi connectivity index (χ1) is 12.0. The van der Waals surface area contributed by atoms with Crippen LogP contribution in [-0.2, 0) is 16.0 Å². The second kappa shape index (κ2) is 8.88. The second-order valence-electron chi connectivity index (χ2n) is 6.20. The van der Waals surface area contributed by atoms with Crippen LogP contribution in [-0.4, -0.2) is 29.6 Å². The Kier molecular flexibility index (Phi) is 6.58. The first-order valence-electron chi connectivity index (χ1n) is 8.51. The fourth-order valence-corrected chi connectivity index (χ4v) is 2.94. The smallest absolute Gasteiger partial charge is 0.303 e. The standard InChI is InChI=1S/C19H23N3O3/c1-14-11-15-7-4-5-8-17(15)22(14)13-16(12-20)19(25)21-10-6-2-3-9-18(23)24/h4-5,7-8,13-14H,2-3,6,9-11H2,1H3,(H,21,25)(H,23,24)/b16-13-. The van der Waals surface area contributed by atoms with Gasteiger partial charge in [-0.15, -0.1) is 0 Å². The molecule has 0 saturated carbocycles. The first-order valence-corrected chi connectivity index (χ1v) is 8.51. The third-order valence-electron chi connectivity index (χ3n) is 4.25. The Morgan fingerprint density at radius 2 is 2.12 bits per heavy atom. The zero-order valence-electron chi connectivity index (χ0n) is 14.4. The monoisotopic (exact) mass is 341 g/mol. The molecule has 25 heavy (non-hydrogen) atoms. The molecule has 0 bridgehead atoms. The topological polar surface area (TPSA) is 93.4 Å². The van der Waals surface area contributed by atoms with E-state index in [1.165, 1.54) is 5.56 Å². The number of benzene rings is 1. The molecule has 0 radical (unpaired) electrons. The van der Waals surface area contributed by atoms with E-state index in [1.54, 1.807) is 6.20 Å². The number of carbonyl (C=O) groups is 2. The Balaban J connectivity index is 1.91. The minimum absolute atomic E-state index is 0.0779. The highest BCUT2D eigenvalue weighted by atomic mass is 16.4. The van der Waals surface area contributed by atoms with Crippen LogP contribution in [0.3, 0.4) is 0 Å². The van der Waals surface area contributed by atoms with E-state index >= 15 is 0 Å². The quantitative estimate of drug-likeness (QED) is 0.431. The number of hydrogen-bond acceptors (Lipinski definition) is 4. The fourth-order valence-electron chi connectivity index (χ4n) is 2.94. The number of hydrogen-bond donors (Lipinski definition) is 2. The minimum Gasteiger partial charge on any atom is -0.481 e. The Labute approximate surface area is 147 Å². The lowest BCUT2D eigenvalue weighted by molar-refractivity contribution is -0.137. The number of carbonyl (C=O) groups excluding carboxylic acids is 1. The summed E-state index contributed by atoms with van der Waals surface area (Å²) in [7, 11) is 0. The van der Waals surface area contributed by atoms with E-state index < -0.39 is 11.9 Å². The molecular formula is C19H23N3O3. The highest BCUT2D eigenvalue weighted by molar-refractivity contribution is 5.97. The number of carboxylic acids is 1. The lowest BCUT2D eigenvalue weighted by atomic mass is 10.1. The van der Waals surface area contributed by atoms with Crippen LogP contribution in [0.5, 0.6) is 0 Å². The maximum Gasteiger partial charge on any atom is 0.303 e. The summed E-state index contributed by atoms with van der Waals surface area (Å²) in [5, 5.41) is 20.6. The van der Waals surface area contributed by atoms with Gasteiger partial charge in [-0.3, -0.25) is 9.59 Å².